The standard InChI is InChI=1S/C48H65ClFN7O11S2/c49-40-19-18-38(70-40)36(58)17-15-32-29-57(48(65)68-32)35-16-14-31(28-33(35)50)56-25-27-66-37(46(56)63)10-9-26-67-44(62)21-20-43(61)53-24-8-2-7-23-52-41(59)12-3-1-6-22-51-42(60)13-5-4-11-39-45-34(30-69-39)54-47(64)55-45/h14,16,18-19,28,32,34,37,39,45H,1-13,15,17,20-27,29-30H2,(H,51,60)(H,52,59)(H,53,61)(H2,54,55,64)/t32-,34-,37?,39-,45-/m0/s1. The highest BCUT2D eigenvalue weighted by Crippen LogP contribution is 2.34. The van der Waals surface area contributed by atoms with Crippen molar-refractivity contribution in [3.8, 4) is 0 Å². The molecule has 70 heavy (non-hydrogen) atoms. The monoisotopic (exact) mass is 1030 g/mol. The first-order chi connectivity index (χ1) is 33.8. The van der Waals surface area contributed by atoms with Crippen LogP contribution in [0.25, 0.3) is 0 Å². The molecule has 384 valence electrons. The number of nitrogens with one attached hydrogen (secondary N) is 5. The van der Waals surface area contributed by atoms with Gasteiger partial charge in [-0.05, 0) is 94.5 Å². The molecule has 4 aliphatic rings. The van der Waals surface area contributed by atoms with Gasteiger partial charge in [0.1, 0.15) is 18.0 Å². The summed E-state index contributed by atoms with van der Waals surface area (Å²) in [5.41, 5.74) is 0.295. The van der Waals surface area contributed by atoms with Crippen molar-refractivity contribution in [1.82, 2.24) is 26.6 Å². The van der Waals surface area contributed by atoms with Crippen LogP contribution in [-0.4, -0.2) is 129 Å². The van der Waals surface area contributed by atoms with Crippen molar-refractivity contribution in [3.05, 3.63) is 45.4 Å². The largest absolute Gasteiger partial charge is 0.466 e. The summed E-state index contributed by atoms with van der Waals surface area (Å²) in [6, 6.07) is 7.78. The van der Waals surface area contributed by atoms with E-state index in [1.165, 1.54) is 33.3 Å². The molecule has 0 radical (unpaired) electrons. The van der Waals surface area contributed by atoms with Gasteiger partial charge in [-0.25, -0.2) is 14.0 Å². The number of carbonyl (C=O) groups excluding carboxylic acids is 8. The summed E-state index contributed by atoms with van der Waals surface area (Å²) >= 11 is 8.99. The van der Waals surface area contributed by atoms with E-state index in [0.29, 0.717) is 59.0 Å². The Balaban J connectivity index is 0.723. The first kappa shape index (κ1) is 54.3. The number of hydrogen-bond donors (Lipinski definition) is 5. The predicted octanol–water partition coefficient (Wildman–Crippen LogP) is 6.17. The molecule has 18 nitrogen and oxygen atoms in total. The maximum absolute atomic E-state index is 15.4. The number of benzene rings is 1. The average molecular weight is 1030 g/mol. The molecule has 0 aliphatic carbocycles. The summed E-state index contributed by atoms with van der Waals surface area (Å²) in [5.74, 6) is -1.03. The highest BCUT2D eigenvalue weighted by atomic mass is 35.5. The fourth-order valence-corrected chi connectivity index (χ4v) is 11.3. The number of carbonyl (C=O) groups is 8. The predicted molar refractivity (Wildman–Crippen MR) is 264 cm³/mol. The van der Waals surface area contributed by atoms with E-state index in [1.807, 2.05) is 11.8 Å². The van der Waals surface area contributed by atoms with Gasteiger partial charge in [0.25, 0.3) is 5.91 Å². The van der Waals surface area contributed by atoms with Crippen LogP contribution in [-0.2, 0) is 38.2 Å². The van der Waals surface area contributed by atoms with Gasteiger partial charge in [0, 0.05) is 68.6 Å². The summed E-state index contributed by atoms with van der Waals surface area (Å²) < 4.78 is 32.3. The minimum atomic E-state index is -0.830. The maximum atomic E-state index is 15.4. The van der Waals surface area contributed by atoms with Crippen molar-refractivity contribution in [2.75, 3.05) is 61.5 Å². The van der Waals surface area contributed by atoms with E-state index in [0.717, 1.165) is 63.5 Å². The van der Waals surface area contributed by atoms with Crippen LogP contribution < -0.4 is 36.4 Å². The van der Waals surface area contributed by atoms with Crippen LogP contribution in [0.15, 0.2) is 30.3 Å². The third-order valence-corrected chi connectivity index (χ3v) is 15.3. The van der Waals surface area contributed by atoms with E-state index in [4.69, 9.17) is 25.8 Å². The maximum Gasteiger partial charge on any atom is 0.414 e. The minimum absolute atomic E-state index is 0.00240. The number of Topliss-reactive ketones (excluding diaryl/α,β-unsaturated/α-hetero) is 1. The summed E-state index contributed by atoms with van der Waals surface area (Å²) in [6.07, 6.45) is 7.13. The molecule has 2 aromatic rings. The van der Waals surface area contributed by atoms with Crippen molar-refractivity contribution in [1.29, 1.82) is 0 Å². The normalized spacial score (nSPS) is 20.7. The van der Waals surface area contributed by atoms with Crippen LogP contribution in [0.5, 0.6) is 0 Å². The second-order valence-corrected chi connectivity index (χ2v) is 20.8. The van der Waals surface area contributed by atoms with Crippen LogP contribution in [0.3, 0.4) is 0 Å². The van der Waals surface area contributed by atoms with Crippen LogP contribution >= 0.6 is 34.7 Å². The number of morpholine rings is 1. The Morgan fingerprint density at radius 3 is 2.17 bits per heavy atom. The molecule has 1 aromatic carbocycles. The van der Waals surface area contributed by atoms with Gasteiger partial charge >= 0.3 is 18.1 Å². The van der Waals surface area contributed by atoms with Crippen LogP contribution in [0.4, 0.5) is 25.4 Å². The number of thioether (sulfide) groups is 1. The quantitative estimate of drug-likeness (QED) is 0.0256. The Morgan fingerprint density at radius 1 is 0.771 bits per heavy atom. The smallest absolute Gasteiger partial charge is 0.414 e. The number of ketones is 1. The lowest BCUT2D eigenvalue weighted by Crippen LogP contribution is -2.48. The summed E-state index contributed by atoms with van der Waals surface area (Å²) in [4.78, 5) is 102. The average Bonchev–Trinajstić information content (AvgIpc) is 4.13. The fourth-order valence-electron chi connectivity index (χ4n) is 8.71. The lowest BCUT2D eigenvalue weighted by molar-refractivity contribution is -0.145. The second-order valence-electron chi connectivity index (χ2n) is 17.8. The number of hydrogen-bond acceptors (Lipinski definition) is 13. The Morgan fingerprint density at radius 2 is 1.47 bits per heavy atom. The molecule has 5 atom stereocenters. The number of cyclic esters (lactones) is 1. The molecule has 7 amide bonds. The van der Waals surface area contributed by atoms with Gasteiger partial charge in [0.05, 0.1) is 53.2 Å². The van der Waals surface area contributed by atoms with E-state index >= 15 is 4.39 Å². The van der Waals surface area contributed by atoms with Gasteiger partial charge in [0.2, 0.25) is 17.7 Å². The topological polar surface area (TPSA) is 231 Å². The Bertz CT molecular complexity index is 2150. The third-order valence-electron chi connectivity index (χ3n) is 12.5. The van der Waals surface area contributed by atoms with Gasteiger partial charge in [-0.1, -0.05) is 24.4 Å². The number of ether oxygens (including phenoxy) is 3. The number of esters is 1. The molecule has 4 aliphatic heterocycles. The van der Waals surface area contributed by atoms with Crippen molar-refractivity contribution in [2.45, 2.75) is 139 Å². The molecular weight excluding hydrogens is 969 g/mol. The third kappa shape index (κ3) is 17.1. The number of thiophene rings is 1. The highest BCUT2D eigenvalue weighted by molar-refractivity contribution is 8.00. The van der Waals surface area contributed by atoms with Crippen molar-refractivity contribution in [3.63, 3.8) is 0 Å². The SMILES string of the molecule is O=C(CCCCCNC(=O)CCCC[C@@H]1SC[C@@H]2NC(=O)N[C@@H]21)NCCCCCNC(=O)CCC(=O)OCCCC1OCCN(c2ccc(N3C[C@H](CCC(=O)c4ccc(Cl)s4)OC3=O)c(F)c2)C1=O. The fraction of sp³-hybridized carbons (Fsp3) is 0.625. The number of urea groups is 1. The molecule has 4 fully saturated rings. The molecule has 0 saturated carbocycles. The molecule has 5 heterocycles. The molecule has 1 unspecified atom stereocenters. The number of halogens is 2. The number of rotatable bonds is 30. The highest BCUT2D eigenvalue weighted by Gasteiger charge is 2.42. The van der Waals surface area contributed by atoms with E-state index in [2.05, 4.69) is 26.6 Å². The van der Waals surface area contributed by atoms with Crippen molar-refractivity contribution in [2.24, 2.45) is 0 Å². The number of unbranched alkanes of at least 4 members (excludes halogenated alkanes) is 5. The van der Waals surface area contributed by atoms with Gasteiger partial charge < -0.3 is 45.7 Å². The first-order valence-corrected chi connectivity index (χ1v) is 26.7. The van der Waals surface area contributed by atoms with E-state index < -0.39 is 30.1 Å². The molecule has 6 rings (SSSR count). The minimum Gasteiger partial charge on any atom is -0.466 e. The van der Waals surface area contributed by atoms with E-state index in [1.54, 1.807) is 18.2 Å². The van der Waals surface area contributed by atoms with Crippen LogP contribution in [0, 0.1) is 5.82 Å². The Hall–Kier alpha value is -4.99. The molecule has 5 N–H and O–H groups in total. The van der Waals surface area contributed by atoms with Gasteiger partial charge in [-0.3, -0.25) is 33.7 Å². The lowest BCUT2D eigenvalue weighted by atomic mass is 10.0. The lowest BCUT2D eigenvalue weighted by Gasteiger charge is -2.32. The zero-order valence-electron chi connectivity index (χ0n) is 39.4. The van der Waals surface area contributed by atoms with E-state index in [-0.39, 0.29) is 112 Å². The molecular formula is C48H65ClFN7O11S2. The molecule has 4 saturated heterocycles. The molecule has 22 heteroatoms. The van der Waals surface area contributed by atoms with Crippen molar-refractivity contribution < 1.29 is 57.0 Å². The van der Waals surface area contributed by atoms with Gasteiger partial charge in [-0.2, -0.15) is 11.8 Å². The zero-order chi connectivity index (χ0) is 49.8. The molecule has 0 spiro atoms. The first-order valence-electron chi connectivity index (χ1n) is 24.5. The summed E-state index contributed by atoms with van der Waals surface area (Å²) in [6.45, 7) is 2.10. The van der Waals surface area contributed by atoms with Gasteiger partial charge in [0.15, 0.2) is 5.78 Å². The molecule has 0 bridgehead atoms. The number of nitrogens with zero attached hydrogens (tertiary/aromatic N) is 2. The van der Waals surface area contributed by atoms with Gasteiger partial charge in [-0.15, -0.1) is 11.3 Å². The zero-order valence-corrected chi connectivity index (χ0v) is 41.8. The van der Waals surface area contributed by atoms with Crippen LogP contribution in [0.1, 0.15) is 119 Å². The summed E-state index contributed by atoms with van der Waals surface area (Å²) in [7, 11) is 0. The Labute approximate surface area is 420 Å². The van der Waals surface area contributed by atoms with E-state index in [9.17, 15) is 38.4 Å². The summed E-state index contributed by atoms with van der Waals surface area (Å²) in [5, 5.41) is 15.0. The number of fused-ring (bicyclic) bond motifs is 1. The Kier molecular flexibility index (Phi) is 21.9. The van der Waals surface area contributed by atoms with Crippen LogP contribution in [0.2, 0.25) is 4.34 Å². The number of anilines is 2. The molecule has 1 aromatic heterocycles. The van der Waals surface area contributed by atoms with Crippen molar-refractivity contribution >= 4 is 93.6 Å². The number of amides is 7. The second kappa shape index (κ2) is 28.2.